The number of rotatable bonds is 21. The first-order valence-electron chi connectivity index (χ1n) is 12.8. The van der Waals surface area contributed by atoms with Gasteiger partial charge in [-0.15, -0.1) is 0 Å². The minimum atomic E-state index is 0.521. The summed E-state index contributed by atoms with van der Waals surface area (Å²) in [5.74, 6) is 1.57. The van der Waals surface area contributed by atoms with Crippen LogP contribution in [0.3, 0.4) is 0 Å². The van der Waals surface area contributed by atoms with Gasteiger partial charge < -0.3 is 14.8 Å². The van der Waals surface area contributed by atoms with Crippen LogP contribution >= 0.6 is 0 Å². The predicted octanol–water partition coefficient (Wildman–Crippen LogP) is 8.22. The van der Waals surface area contributed by atoms with E-state index in [9.17, 15) is 0 Å². The van der Waals surface area contributed by atoms with E-state index in [0.717, 1.165) is 30.2 Å². The molecule has 1 aromatic carbocycles. The Labute approximate surface area is 193 Å². The number of unbranched alkanes of at least 4 members (excludes halogenated alkanes) is 13. The van der Waals surface area contributed by atoms with Gasteiger partial charge in [-0.2, -0.15) is 0 Å². The summed E-state index contributed by atoms with van der Waals surface area (Å²) in [6.07, 6.45) is 19.7. The maximum absolute atomic E-state index is 5.73. The van der Waals surface area contributed by atoms with Crippen LogP contribution in [0, 0.1) is 0 Å². The Morgan fingerprint density at radius 2 is 1.35 bits per heavy atom. The number of nitrogens with one attached hydrogen (secondary N) is 1. The summed E-state index contributed by atoms with van der Waals surface area (Å²) in [5.41, 5.74) is 2.23. The third-order valence-corrected chi connectivity index (χ3v) is 5.74. The first-order chi connectivity index (χ1) is 15.2. The second-order valence-corrected chi connectivity index (χ2v) is 9.00. The Bertz CT molecular complexity index is 570. The van der Waals surface area contributed by atoms with E-state index in [1.54, 1.807) is 7.11 Å². The van der Waals surface area contributed by atoms with Gasteiger partial charge in [-0.25, -0.2) is 0 Å². The van der Waals surface area contributed by atoms with E-state index in [1.807, 2.05) is 13.0 Å². The van der Waals surface area contributed by atoms with E-state index in [0.29, 0.717) is 6.61 Å². The molecule has 0 unspecified atom stereocenters. The summed E-state index contributed by atoms with van der Waals surface area (Å²) < 4.78 is 11.2. The molecular formula is C28H49NO2. The van der Waals surface area contributed by atoms with E-state index in [4.69, 9.17) is 9.47 Å². The van der Waals surface area contributed by atoms with E-state index in [1.165, 1.54) is 95.5 Å². The lowest BCUT2D eigenvalue weighted by molar-refractivity contribution is 0.319. The summed E-state index contributed by atoms with van der Waals surface area (Å²) in [5, 5.41) is 3.56. The maximum Gasteiger partial charge on any atom is 0.161 e. The molecule has 1 aromatic rings. The molecule has 0 bridgehead atoms. The second kappa shape index (κ2) is 19.2. The molecule has 1 N–H and O–H groups in total. The van der Waals surface area contributed by atoms with Gasteiger partial charge in [0.25, 0.3) is 0 Å². The topological polar surface area (TPSA) is 30.5 Å². The lowest BCUT2D eigenvalue weighted by Gasteiger charge is -2.12. The quantitative estimate of drug-likeness (QED) is 0.157. The monoisotopic (exact) mass is 431 g/mol. The molecule has 0 saturated carbocycles. The Hall–Kier alpha value is -1.48. The average Bonchev–Trinajstić information content (AvgIpc) is 2.77. The first-order valence-corrected chi connectivity index (χ1v) is 12.8. The molecule has 1 rings (SSSR count). The van der Waals surface area contributed by atoms with Gasteiger partial charge in [-0.05, 0) is 43.2 Å². The fourth-order valence-electron chi connectivity index (χ4n) is 3.82. The lowest BCUT2D eigenvalue weighted by Crippen LogP contribution is -2.14. The molecule has 3 nitrogen and oxygen atoms in total. The van der Waals surface area contributed by atoms with Crippen LogP contribution in [0.15, 0.2) is 30.4 Å². The van der Waals surface area contributed by atoms with Gasteiger partial charge >= 0.3 is 0 Å². The van der Waals surface area contributed by atoms with Crippen molar-refractivity contribution in [2.45, 2.75) is 110 Å². The third-order valence-electron chi connectivity index (χ3n) is 5.74. The Balaban J connectivity index is 1.96. The van der Waals surface area contributed by atoms with Crippen LogP contribution in [0.25, 0.3) is 0 Å². The van der Waals surface area contributed by atoms with Crippen LogP contribution in [0.1, 0.15) is 109 Å². The molecule has 178 valence electrons. The number of methoxy groups -OCH3 is 1. The number of ether oxygens (including phenoxy) is 2. The summed E-state index contributed by atoms with van der Waals surface area (Å²) in [6, 6.07) is 6.16. The molecule has 0 radical (unpaired) electrons. The average molecular weight is 432 g/mol. The molecular weight excluding hydrogens is 382 g/mol. The molecule has 0 aliphatic heterocycles. The fraction of sp³-hybridized carbons (Fsp3) is 0.714. The summed E-state index contributed by atoms with van der Waals surface area (Å²) in [4.78, 5) is 0. The highest BCUT2D eigenvalue weighted by Gasteiger charge is 2.06. The van der Waals surface area contributed by atoms with Crippen molar-refractivity contribution in [3.63, 3.8) is 0 Å². The molecule has 31 heavy (non-hydrogen) atoms. The zero-order chi connectivity index (χ0) is 22.6. The first kappa shape index (κ1) is 27.6. The molecule has 0 aliphatic carbocycles. The summed E-state index contributed by atoms with van der Waals surface area (Å²) >= 11 is 0. The smallest absolute Gasteiger partial charge is 0.161 e. The van der Waals surface area contributed by atoms with Crippen LogP contribution in [0.4, 0.5) is 0 Å². The summed E-state index contributed by atoms with van der Waals surface area (Å²) in [7, 11) is 1.69. The van der Waals surface area contributed by atoms with Crippen molar-refractivity contribution >= 4 is 0 Å². The van der Waals surface area contributed by atoms with Gasteiger partial charge in [-0.3, -0.25) is 0 Å². The van der Waals surface area contributed by atoms with E-state index in [2.05, 4.69) is 31.0 Å². The van der Waals surface area contributed by atoms with Gasteiger partial charge in [0.1, 0.15) is 6.61 Å². The molecule has 0 aromatic heterocycles. The van der Waals surface area contributed by atoms with Gasteiger partial charge in [0, 0.05) is 6.54 Å². The highest BCUT2D eigenvalue weighted by Crippen LogP contribution is 2.28. The van der Waals surface area contributed by atoms with Crippen molar-refractivity contribution in [3.8, 4) is 11.5 Å². The molecule has 0 heterocycles. The normalized spacial score (nSPS) is 10.9. The van der Waals surface area contributed by atoms with Gasteiger partial charge in [0.2, 0.25) is 0 Å². The fourth-order valence-corrected chi connectivity index (χ4v) is 3.82. The van der Waals surface area contributed by atoms with Crippen LogP contribution in [-0.4, -0.2) is 20.3 Å². The second-order valence-electron chi connectivity index (χ2n) is 9.00. The Morgan fingerprint density at radius 3 is 1.87 bits per heavy atom. The zero-order valence-corrected chi connectivity index (χ0v) is 20.8. The maximum atomic E-state index is 5.73. The highest BCUT2D eigenvalue weighted by molar-refractivity contribution is 5.43. The third kappa shape index (κ3) is 15.0. The van der Waals surface area contributed by atoms with E-state index in [-0.39, 0.29) is 0 Å². The van der Waals surface area contributed by atoms with Crippen molar-refractivity contribution < 1.29 is 9.47 Å². The SMILES string of the molecule is C=C(C)COc1ccc(CNCCCCCCCCCCCCCCCC)cc1OC. The number of benzene rings is 1. The minimum Gasteiger partial charge on any atom is -0.493 e. The number of hydrogen-bond acceptors (Lipinski definition) is 3. The predicted molar refractivity (Wildman–Crippen MR) is 135 cm³/mol. The van der Waals surface area contributed by atoms with E-state index >= 15 is 0 Å². The van der Waals surface area contributed by atoms with Crippen molar-refractivity contribution in [1.29, 1.82) is 0 Å². The van der Waals surface area contributed by atoms with Crippen molar-refractivity contribution in [2.24, 2.45) is 0 Å². The number of hydrogen-bond donors (Lipinski definition) is 1. The van der Waals surface area contributed by atoms with Crippen LogP contribution < -0.4 is 14.8 Å². The van der Waals surface area contributed by atoms with E-state index < -0.39 is 0 Å². The molecule has 0 spiro atoms. The van der Waals surface area contributed by atoms with Crippen molar-refractivity contribution in [2.75, 3.05) is 20.3 Å². The van der Waals surface area contributed by atoms with Gasteiger partial charge in [0.15, 0.2) is 11.5 Å². The molecule has 0 aliphatic rings. The van der Waals surface area contributed by atoms with Crippen LogP contribution in [0.2, 0.25) is 0 Å². The molecule has 0 fully saturated rings. The van der Waals surface area contributed by atoms with Gasteiger partial charge in [-0.1, -0.05) is 103 Å². The molecule has 0 saturated heterocycles. The highest BCUT2D eigenvalue weighted by atomic mass is 16.5. The Morgan fingerprint density at radius 1 is 0.806 bits per heavy atom. The standard InChI is InChI=1S/C28H49NO2/c1-5-6-7-8-9-10-11-12-13-14-15-16-17-18-21-29-23-26-19-20-27(28(22-26)30-4)31-24-25(2)3/h19-20,22,29H,2,5-18,21,23-24H2,1,3-4H3. The molecule has 3 heteroatoms. The van der Waals surface area contributed by atoms with Crippen LogP contribution in [-0.2, 0) is 6.54 Å². The lowest BCUT2D eigenvalue weighted by atomic mass is 10.0. The molecule has 0 amide bonds. The molecule has 0 atom stereocenters. The zero-order valence-electron chi connectivity index (χ0n) is 20.8. The minimum absolute atomic E-state index is 0.521. The van der Waals surface area contributed by atoms with Crippen LogP contribution in [0.5, 0.6) is 11.5 Å². The largest absolute Gasteiger partial charge is 0.493 e. The van der Waals surface area contributed by atoms with Crippen molar-refractivity contribution in [1.82, 2.24) is 5.32 Å². The van der Waals surface area contributed by atoms with Gasteiger partial charge in [0.05, 0.1) is 7.11 Å². The van der Waals surface area contributed by atoms with Crippen molar-refractivity contribution in [3.05, 3.63) is 35.9 Å². The summed E-state index contributed by atoms with van der Waals surface area (Å²) in [6.45, 7) is 10.6. The Kier molecular flexibility index (Phi) is 17.1.